The summed E-state index contributed by atoms with van der Waals surface area (Å²) < 4.78 is 41.3. The Labute approximate surface area is 230 Å². The second kappa shape index (κ2) is 12.0. The zero-order valence-corrected chi connectivity index (χ0v) is 21.9. The minimum atomic E-state index is -4.80. The topological polar surface area (TPSA) is 73.9 Å². The zero-order valence-electron chi connectivity index (χ0n) is 21.9. The predicted molar refractivity (Wildman–Crippen MR) is 145 cm³/mol. The fourth-order valence-corrected chi connectivity index (χ4v) is 5.28. The Morgan fingerprint density at radius 1 is 0.875 bits per heavy atom. The number of carbonyl (C=O) groups is 2. The van der Waals surface area contributed by atoms with E-state index in [1.54, 1.807) is 0 Å². The monoisotopic (exact) mass is 552 g/mol. The van der Waals surface area contributed by atoms with Crippen LogP contribution in [0.4, 0.5) is 23.7 Å². The van der Waals surface area contributed by atoms with Gasteiger partial charge >= 0.3 is 12.4 Å². The summed E-state index contributed by atoms with van der Waals surface area (Å²) in [4.78, 5) is 30.7. The van der Waals surface area contributed by atoms with Crippen molar-refractivity contribution in [2.45, 2.75) is 50.8 Å². The van der Waals surface area contributed by atoms with Crippen molar-refractivity contribution in [1.29, 1.82) is 0 Å². The number of piperidine rings is 1. The lowest BCUT2D eigenvalue weighted by Gasteiger charge is -2.38. The first kappa shape index (κ1) is 27.5. The van der Waals surface area contributed by atoms with Crippen LogP contribution in [0.15, 0.2) is 78.9 Å². The molecule has 0 saturated carbocycles. The lowest BCUT2D eigenvalue weighted by molar-refractivity contribution is -0.274. The van der Waals surface area contributed by atoms with Crippen LogP contribution >= 0.6 is 0 Å². The average molecular weight is 553 g/mol. The van der Waals surface area contributed by atoms with Crippen molar-refractivity contribution in [1.82, 2.24) is 15.1 Å². The molecule has 5 rings (SSSR count). The Balaban J connectivity index is 1.22. The van der Waals surface area contributed by atoms with E-state index in [0.29, 0.717) is 12.1 Å². The van der Waals surface area contributed by atoms with E-state index in [2.05, 4.69) is 32.4 Å². The minimum absolute atomic E-state index is 0.0165. The molecule has 0 aliphatic carbocycles. The summed E-state index contributed by atoms with van der Waals surface area (Å²) in [6.45, 7) is 2.85. The number of hydrogen-bond donors (Lipinski definition) is 2. The highest BCUT2D eigenvalue weighted by molar-refractivity contribution is 5.94. The minimum Gasteiger partial charge on any atom is -0.406 e. The molecular formula is C30H31F3N4O3. The van der Waals surface area contributed by atoms with Crippen molar-refractivity contribution >= 4 is 17.6 Å². The highest BCUT2D eigenvalue weighted by Crippen LogP contribution is 2.27. The number of rotatable bonds is 6. The van der Waals surface area contributed by atoms with Crippen LogP contribution in [0.25, 0.3) is 0 Å². The van der Waals surface area contributed by atoms with Crippen molar-refractivity contribution in [3.8, 4) is 5.75 Å². The smallest absolute Gasteiger partial charge is 0.406 e. The lowest BCUT2D eigenvalue weighted by Crippen LogP contribution is -2.56. The Morgan fingerprint density at radius 3 is 2.20 bits per heavy atom. The van der Waals surface area contributed by atoms with Gasteiger partial charge in [-0.3, -0.25) is 9.69 Å². The van der Waals surface area contributed by atoms with Crippen molar-refractivity contribution in [2.24, 2.45) is 0 Å². The van der Waals surface area contributed by atoms with Crippen molar-refractivity contribution in [3.05, 3.63) is 95.6 Å². The SMILES string of the molecule is O=C(NC1CCN(Cc2ccccc2)CC1)C1Cc2ccccc2CN1C(=O)Nc1ccc(OC(F)(F)F)cc1. The first-order valence-corrected chi connectivity index (χ1v) is 13.3. The largest absolute Gasteiger partial charge is 0.573 e. The molecule has 2 heterocycles. The van der Waals surface area contributed by atoms with Crippen LogP contribution in [0.5, 0.6) is 5.75 Å². The molecule has 10 heteroatoms. The van der Waals surface area contributed by atoms with Gasteiger partial charge in [-0.1, -0.05) is 54.6 Å². The number of alkyl halides is 3. The number of urea groups is 1. The third kappa shape index (κ3) is 7.12. The molecule has 210 valence electrons. The highest BCUT2D eigenvalue weighted by Gasteiger charge is 2.36. The van der Waals surface area contributed by atoms with E-state index in [4.69, 9.17) is 0 Å². The van der Waals surface area contributed by atoms with E-state index >= 15 is 0 Å². The number of amides is 3. The molecule has 1 atom stereocenters. The van der Waals surface area contributed by atoms with Crippen molar-refractivity contribution < 1.29 is 27.5 Å². The number of fused-ring (bicyclic) bond motifs is 1. The van der Waals surface area contributed by atoms with Crippen molar-refractivity contribution in [3.63, 3.8) is 0 Å². The molecule has 40 heavy (non-hydrogen) atoms. The summed E-state index contributed by atoms with van der Waals surface area (Å²) in [6, 6.07) is 21.7. The number of ether oxygens (including phenoxy) is 1. The van der Waals surface area contributed by atoms with E-state index in [0.717, 1.165) is 55.7 Å². The number of hydrogen-bond acceptors (Lipinski definition) is 4. The number of likely N-dealkylation sites (tertiary alicyclic amines) is 1. The van der Waals surface area contributed by atoms with E-state index < -0.39 is 18.4 Å². The van der Waals surface area contributed by atoms with Crippen LogP contribution in [0, 0.1) is 0 Å². The van der Waals surface area contributed by atoms with E-state index in [1.807, 2.05) is 42.5 Å². The third-order valence-electron chi connectivity index (χ3n) is 7.33. The molecule has 0 radical (unpaired) electrons. The van der Waals surface area contributed by atoms with Gasteiger partial charge in [-0.05, 0) is 53.8 Å². The molecule has 3 aromatic rings. The molecule has 3 aromatic carbocycles. The van der Waals surface area contributed by atoms with Crippen LogP contribution < -0.4 is 15.4 Å². The molecular weight excluding hydrogens is 521 g/mol. The second-order valence-electron chi connectivity index (χ2n) is 10.2. The molecule has 0 aromatic heterocycles. The molecule has 3 amide bonds. The zero-order chi connectivity index (χ0) is 28.1. The maximum Gasteiger partial charge on any atom is 0.573 e. The number of halogens is 3. The van der Waals surface area contributed by atoms with E-state index in [9.17, 15) is 22.8 Å². The maximum absolute atomic E-state index is 13.5. The molecule has 2 aliphatic heterocycles. The summed E-state index contributed by atoms with van der Waals surface area (Å²) in [7, 11) is 0. The average Bonchev–Trinajstić information content (AvgIpc) is 2.94. The summed E-state index contributed by atoms with van der Waals surface area (Å²) in [5, 5.41) is 5.88. The van der Waals surface area contributed by atoms with Gasteiger partial charge in [0.15, 0.2) is 0 Å². The third-order valence-corrected chi connectivity index (χ3v) is 7.33. The maximum atomic E-state index is 13.5. The molecule has 2 aliphatic rings. The van der Waals surface area contributed by atoms with Gasteiger partial charge in [-0.2, -0.15) is 0 Å². The number of anilines is 1. The Bertz CT molecular complexity index is 1310. The summed E-state index contributed by atoms with van der Waals surface area (Å²) in [5.41, 5.74) is 3.52. The van der Waals surface area contributed by atoms with Gasteiger partial charge in [0.1, 0.15) is 11.8 Å². The number of nitrogens with one attached hydrogen (secondary N) is 2. The molecule has 1 unspecified atom stereocenters. The van der Waals surface area contributed by atoms with Gasteiger partial charge in [0.25, 0.3) is 0 Å². The van der Waals surface area contributed by atoms with Gasteiger partial charge < -0.3 is 20.3 Å². The molecule has 1 fully saturated rings. The van der Waals surface area contributed by atoms with E-state index in [-0.39, 0.29) is 24.2 Å². The summed E-state index contributed by atoms with van der Waals surface area (Å²) in [5.74, 6) is -0.593. The molecule has 0 spiro atoms. The quantitative estimate of drug-likeness (QED) is 0.434. The summed E-state index contributed by atoms with van der Waals surface area (Å²) in [6.07, 6.45) is -2.79. The normalized spacial score (nSPS) is 18.1. The van der Waals surface area contributed by atoms with Crippen molar-refractivity contribution in [2.75, 3.05) is 18.4 Å². The van der Waals surface area contributed by atoms with Crippen LogP contribution in [0.2, 0.25) is 0 Å². The Hall–Kier alpha value is -4.05. The summed E-state index contributed by atoms with van der Waals surface area (Å²) >= 11 is 0. The Morgan fingerprint density at radius 2 is 1.52 bits per heavy atom. The van der Waals surface area contributed by atoms with Crippen LogP contribution in [-0.2, 0) is 24.3 Å². The van der Waals surface area contributed by atoms with E-state index in [1.165, 1.54) is 22.6 Å². The fraction of sp³-hybridized carbons (Fsp3) is 0.333. The molecule has 2 N–H and O–H groups in total. The van der Waals surface area contributed by atoms with Gasteiger partial charge in [0.05, 0.1) is 0 Å². The van der Waals surface area contributed by atoms with Gasteiger partial charge in [-0.15, -0.1) is 13.2 Å². The highest BCUT2D eigenvalue weighted by atomic mass is 19.4. The molecule has 1 saturated heterocycles. The van der Waals surface area contributed by atoms with Gasteiger partial charge in [0.2, 0.25) is 5.91 Å². The molecule has 7 nitrogen and oxygen atoms in total. The van der Waals surface area contributed by atoms with Crippen LogP contribution in [0.3, 0.4) is 0 Å². The van der Waals surface area contributed by atoms with Gasteiger partial charge in [-0.25, -0.2) is 4.79 Å². The number of carbonyl (C=O) groups excluding carboxylic acids is 2. The number of benzene rings is 3. The van der Waals surface area contributed by atoms with Crippen LogP contribution in [0.1, 0.15) is 29.5 Å². The first-order valence-electron chi connectivity index (χ1n) is 13.3. The lowest BCUT2D eigenvalue weighted by atomic mass is 9.93. The fourth-order valence-electron chi connectivity index (χ4n) is 5.28. The standard InChI is InChI=1S/C30H31F3N4O3/c31-30(32,33)40-26-12-10-24(11-13-26)35-29(39)37-20-23-9-5-4-8-22(23)18-27(37)28(38)34-25-14-16-36(17-15-25)19-21-6-2-1-3-7-21/h1-13,25,27H,14-20H2,(H,34,38)(H,35,39). The van der Waals surface area contributed by atoms with Crippen LogP contribution in [-0.4, -0.2) is 53.3 Å². The first-order chi connectivity index (χ1) is 19.2. The predicted octanol–water partition coefficient (Wildman–Crippen LogP) is 5.32. The molecule has 0 bridgehead atoms. The second-order valence-corrected chi connectivity index (χ2v) is 10.2. The Kier molecular flexibility index (Phi) is 8.25. The number of nitrogens with zero attached hydrogens (tertiary/aromatic N) is 2. The van der Waals surface area contributed by atoms with Gasteiger partial charge in [0, 0.05) is 44.3 Å².